The maximum Gasteiger partial charge on any atom is 0.0486 e. The molecule has 4 heteroatoms. The fraction of sp³-hybridized carbons (Fsp3) is 0.294. The summed E-state index contributed by atoms with van der Waals surface area (Å²) in [6.07, 6.45) is 0. The summed E-state index contributed by atoms with van der Waals surface area (Å²) in [6, 6.07) is 13.5. The molecule has 112 valence electrons. The molecule has 0 saturated carbocycles. The molecule has 0 aliphatic carbocycles. The second kappa shape index (κ2) is 7.21. The van der Waals surface area contributed by atoms with Crippen LogP contribution in [-0.4, -0.2) is 9.96 Å². The Balaban J connectivity index is 2.01. The van der Waals surface area contributed by atoms with Gasteiger partial charge in [-0.25, -0.2) is 0 Å². The Morgan fingerprint density at radius 3 is 2.48 bits per heavy atom. The van der Waals surface area contributed by atoms with Gasteiger partial charge in [-0.1, -0.05) is 47.5 Å². The summed E-state index contributed by atoms with van der Waals surface area (Å²) in [5.74, 6) is 0.975. The summed E-state index contributed by atoms with van der Waals surface area (Å²) in [7, 11) is -0.991. The zero-order valence-corrected chi connectivity index (χ0v) is 13.9. The normalized spacial score (nSPS) is 13.9. The molecule has 2 unspecified atom stereocenters. The largest absolute Gasteiger partial charge is 0.323 e. The van der Waals surface area contributed by atoms with Gasteiger partial charge in [0, 0.05) is 33.4 Å². The molecule has 0 saturated heterocycles. The smallest absolute Gasteiger partial charge is 0.0486 e. The number of hydrogen-bond acceptors (Lipinski definition) is 2. The van der Waals surface area contributed by atoms with Gasteiger partial charge in [-0.15, -0.1) is 0 Å². The van der Waals surface area contributed by atoms with Crippen molar-refractivity contribution in [3.05, 3.63) is 69.7 Å². The predicted molar refractivity (Wildman–Crippen MR) is 91.0 cm³/mol. The van der Waals surface area contributed by atoms with E-state index in [9.17, 15) is 4.21 Å². The molecular weight excluding hydrogens is 302 g/mol. The molecule has 2 aromatic rings. The van der Waals surface area contributed by atoms with Crippen LogP contribution in [0.4, 0.5) is 0 Å². The van der Waals surface area contributed by atoms with Crippen LogP contribution in [0.2, 0.25) is 5.02 Å². The van der Waals surface area contributed by atoms with Crippen LogP contribution in [0, 0.1) is 13.8 Å². The van der Waals surface area contributed by atoms with E-state index < -0.39 is 10.8 Å². The van der Waals surface area contributed by atoms with E-state index >= 15 is 0 Å². The van der Waals surface area contributed by atoms with Gasteiger partial charge >= 0.3 is 0 Å². The lowest BCUT2D eigenvalue weighted by Crippen LogP contribution is -2.20. The van der Waals surface area contributed by atoms with Crippen LogP contribution in [0.5, 0.6) is 0 Å². The lowest BCUT2D eigenvalue weighted by Gasteiger charge is -2.15. The second-order valence-corrected chi connectivity index (χ2v) is 7.28. The topological polar surface area (TPSA) is 43.1 Å². The molecule has 0 radical (unpaired) electrons. The minimum absolute atomic E-state index is 0.196. The predicted octanol–water partition coefficient (Wildman–Crippen LogP) is 3.91. The highest BCUT2D eigenvalue weighted by atomic mass is 35.5. The monoisotopic (exact) mass is 321 g/mol. The van der Waals surface area contributed by atoms with Crippen LogP contribution in [-0.2, 0) is 16.6 Å². The van der Waals surface area contributed by atoms with Crippen LogP contribution in [0.25, 0.3) is 0 Å². The van der Waals surface area contributed by atoms with Crippen molar-refractivity contribution in [3.8, 4) is 0 Å². The van der Waals surface area contributed by atoms with Gasteiger partial charge in [0.2, 0.25) is 0 Å². The Labute approximate surface area is 133 Å². The molecule has 0 aliphatic rings. The van der Waals surface area contributed by atoms with Crippen molar-refractivity contribution in [1.82, 2.24) is 0 Å². The van der Waals surface area contributed by atoms with E-state index in [1.807, 2.05) is 38.1 Å². The molecule has 0 amide bonds. The highest BCUT2D eigenvalue weighted by Gasteiger charge is 2.13. The van der Waals surface area contributed by atoms with Gasteiger partial charge in [0.05, 0.1) is 0 Å². The zero-order valence-electron chi connectivity index (χ0n) is 12.3. The quantitative estimate of drug-likeness (QED) is 0.907. The SMILES string of the molecule is Cc1ccc(C)c(C(N)CS(=O)Cc2ccc(Cl)cc2)c1. The van der Waals surface area contributed by atoms with Crippen LogP contribution < -0.4 is 5.73 Å². The summed E-state index contributed by atoms with van der Waals surface area (Å²) >= 11 is 5.85. The van der Waals surface area contributed by atoms with E-state index in [0.29, 0.717) is 16.5 Å². The number of halogens is 1. The van der Waals surface area contributed by atoms with Gasteiger partial charge in [-0.05, 0) is 42.7 Å². The van der Waals surface area contributed by atoms with Crippen molar-refractivity contribution >= 4 is 22.4 Å². The first-order chi connectivity index (χ1) is 9.95. The van der Waals surface area contributed by atoms with Crippen LogP contribution >= 0.6 is 11.6 Å². The van der Waals surface area contributed by atoms with Gasteiger partial charge in [0.15, 0.2) is 0 Å². The van der Waals surface area contributed by atoms with Gasteiger partial charge in [-0.2, -0.15) is 0 Å². The number of nitrogens with two attached hydrogens (primary N) is 1. The summed E-state index contributed by atoms with van der Waals surface area (Å²) in [5, 5.41) is 0.691. The summed E-state index contributed by atoms with van der Waals surface area (Å²) in [6.45, 7) is 4.08. The Bertz CT molecular complexity index is 640. The van der Waals surface area contributed by atoms with Crippen molar-refractivity contribution in [2.45, 2.75) is 25.6 Å². The number of aryl methyl sites for hydroxylation is 2. The number of rotatable bonds is 5. The molecule has 0 spiro atoms. The molecule has 2 nitrogen and oxygen atoms in total. The Kier molecular flexibility index (Phi) is 5.57. The molecule has 21 heavy (non-hydrogen) atoms. The zero-order chi connectivity index (χ0) is 15.4. The minimum atomic E-state index is -0.991. The van der Waals surface area contributed by atoms with Crippen LogP contribution in [0.1, 0.15) is 28.3 Å². The van der Waals surface area contributed by atoms with E-state index in [2.05, 4.69) is 18.2 Å². The Morgan fingerprint density at radius 1 is 1.14 bits per heavy atom. The summed E-state index contributed by atoms with van der Waals surface area (Å²) < 4.78 is 12.3. The first kappa shape index (κ1) is 16.2. The first-order valence-electron chi connectivity index (χ1n) is 6.88. The van der Waals surface area contributed by atoms with E-state index in [-0.39, 0.29) is 6.04 Å². The molecule has 2 rings (SSSR count). The van der Waals surface area contributed by atoms with Crippen molar-refractivity contribution in [3.63, 3.8) is 0 Å². The molecule has 0 aliphatic heterocycles. The Hall–Kier alpha value is -1.16. The Morgan fingerprint density at radius 2 is 1.81 bits per heavy atom. The lowest BCUT2D eigenvalue weighted by molar-refractivity contribution is 0.674. The highest BCUT2D eigenvalue weighted by molar-refractivity contribution is 7.84. The minimum Gasteiger partial charge on any atom is -0.323 e. The molecule has 2 atom stereocenters. The van der Waals surface area contributed by atoms with Gasteiger partial charge < -0.3 is 5.73 Å². The standard InChI is InChI=1S/C17H20ClNOS/c1-12-3-4-13(2)16(9-12)17(19)11-21(20)10-14-5-7-15(18)8-6-14/h3-9,17H,10-11,19H2,1-2H3. The van der Waals surface area contributed by atoms with Crippen molar-refractivity contribution in [2.24, 2.45) is 5.73 Å². The second-order valence-electron chi connectivity index (χ2n) is 5.34. The lowest BCUT2D eigenvalue weighted by atomic mass is 10.0. The number of benzene rings is 2. The van der Waals surface area contributed by atoms with Gasteiger partial charge in [-0.3, -0.25) is 4.21 Å². The summed E-state index contributed by atoms with van der Waals surface area (Å²) in [4.78, 5) is 0. The molecule has 0 bridgehead atoms. The molecule has 0 aromatic heterocycles. The molecule has 0 heterocycles. The van der Waals surface area contributed by atoms with E-state index in [4.69, 9.17) is 17.3 Å². The molecular formula is C17H20ClNOS. The van der Waals surface area contributed by atoms with E-state index in [1.54, 1.807) is 0 Å². The summed E-state index contributed by atoms with van der Waals surface area (Å²) in [5.41, 5.74) is 10.7. The third kappa shape index (κ3) is 4.67. The van der Waals surface area contributed by atoms with Crippen LogP contribution in [0.15, 0.2) is 42.5 Å². The van der Waals surface area contributed by atoms with Crippen molar-refractivity contribution < 1.29 is 4.21 Å². The van der Waals surface area contributed by atoms with Crippen molar-refractivity contribution in [2.75, 3.05) is 5.75 Å². The van der Waals surface area contributed by atoms with Crippen molar-refractivity contribution in [1.29, 1.82) is 0 Å². The fourth-order valence-electron chi connectivity index (χ4n) is 2.27. The third-order valence-electron chi connectivity index (χ3n) is 3.44. The molecule has 2 N–H and O–H groups in total. The molecule has 0 fully saturated rings. The maximum atomic E-state index is 12.3. The number of hydrogen-bond donors (Lipinski definition) is 1. The third-order valence-corrected chi connectivity index (χ3v) is 5.08. The van der Waals surface area contributed by atoms with Crippen LogP contribution in [0.3, 0.4) is 0 Å². The van der Waals surface area contributed by atoms with Gasteiger partial charge in [0.25, 0.3) is 0 Å². The fourth-order valence-corrected chi connectivity index (χ4v) is 3.66. The highest BCUT2D eigenvalue weighted by Crippen LogP contribution is 2.19. The average molecular weight is 322 g/mol. The maximum absolute atomic E-state index is 12.3. The average Bonchev–Trinajstić information content (AvgIpc) is 2.44. The van der Waals surface area contributed by atoms with E-state index in [0.717, 1.165) is 16.7 Å². The van der Waals surface area contributed by atoms with Gasteiger partial charge in [0.1, 0.15) is 0 Å². The first-order valence-corrected chi connectivity index (χ1v) is 8.74. The van der Waals surface area contributed by atoms with E-state index in [1.165, 1.54) is 5.56 Å². The molecule has 2 aromatic carbocycles.